The van der Waals surface area contributed by atoms with E-state index >= 15 is 0 Å². The van der Waals surface area contributed by atoms with Crippen molar-refractivity contribution in [2.24, 2.45) is 0 Å². The van der Waals surface area contributed by atoms with Crippen molar-refractivity contribution in [1.82, 2.24) is 15.0 Å². The first-order valence-electron chi connectivity index (χ1n) is 9.60. The Morgan fingerprint density at radius 3 is 2.40 bits per heavy atom. The van der Waals surface area contributed by atoms with Gasteiger partial charge in [0.1, 0.15) is 5.76 Å². The molecule has 0 aliphatic carbocycles. The first kappa shape index (κ1) is 19.9. The summed E-state index contributed by atoms with van der Waals surface area (Å²) in [6, 6.07) is 4.80. The Bertz CT molecular complexity index is 993. The number of benzene rings is 1. The number of ketones is 1. The van der Waals surface area contributed by atoms with Gasteiger partial charge in [-0.15, -0.1) is 0 Å². The number of nitrogens with one attached hydrogen (secondary N) is 1. The van der Waals surface area contributed by atoms with Crippen LogP contribution in [0.25, 0.3) is 0 Å². The fraction of sp³-hybridized carbons (Fsp3) is 0.400. The van der Waals surface area contributed by atoms with Gasteiger partial charge in [-0.2, -0.15) is 0 Å². The molecule has 3 heterocycles. The summed E-state index contributed by atoms with van der Waals surface area (Å²) in [7, 11) is 0. The third kappa shape index (κ3) is 4.13. The summed E-state index contributed by atoms with van der Waals surface area (Å²) >= 11 is 0. The molecule has 4 rings (SSSR count). The molecule has 1 saturated heterocycles. The van der Waals surface area contributed by atoms with Crippen molar-refractivity contribution in [3.8, 4) is 11.5 Å². The number of aromatic nitrogens is 1. The zero-order valence-corrected chi connectivity index (χ0v) is 16.8. The standard InChI is InChI=1S/C20H22N4O6/c1-12-7-16(22-30-12)20(27)24-5-3-23(4-6-24)10-19(26)21-15-9-18-17(28-11-29-18)8-14(15)13(2)25/h7-9H,3-6,10-11H2,1-2H3,(H,21,26). The van der Waals surface area contributed by atoms with Gasteiger partial charge in [0.25, 0.3) is 5.91 Å². The molecule has 0 radical (unpaired) electrons. The Morgan fingerprint density at radius 1 is 1.07 bits per heavy atom. The summed E-state index contributed by atoms with van der Waals surface area (Å²) in [6.45, 7) is 5.48. The second-order valence-corrected chi connectivity index (χ2v) is 7.25. The number of anilines is 1. The molecule has 1 fully saturated rings. The molecule has 0 spiro atoms. The van der Waals surface area contributed by atoms with Crippen LogP contribution in [0, 0.1) is 6.92 Å². The molecule has 0 saturated carbocycles. The van der Waals surface area contributed by atoms with Crippen LogP contribution in [-0.2, 0) is 4.79 Å². The Labute approximate surface area is 172 Å². The SMILES string of the molecule is CC(=O)c1cc2c(cc1NC(=O)CN1CCN(C(=O)c3cc(C)on3)CC1)OCO2. The first-order valence-corrected chi connectivity index (χ1v) is 9.60. The van der Waals surface area contributed by atoms with Crippen LogP contribution < -0.4 is 14.8 Å². The minimum absolute atomic E-state index is 0.0843. The molecule has 1 aromatic heterocycles. The predicted molar refractivity (Wildman–Crippen MR) is 105 cm³/mol. The van der Waals surface area contributed by atoms with E-state index in [4.69, 9.17) is 14.0 Å². The second kappa shape index (κ2) is 8.15. The number of carbonyl (C=O) groups is 3. The van der Waals surface area contributed by atoms with Crippen molar-refractivity contribution in [2.45, 2.75) is 13.8 Å². The van der Waals surface area contributed by atoms with E-state index in [2.05, 4.69) is 10.5 Å². The smallest absolute Gasteiger partial charge is 0.276 e. The summed E-state index contributed by atoms with van der Waals surface area (Å²) in [6.07, 6.45) is 0. The van der Waals surface area contributed by atoms with Gasteiger partial charge in [-0.05, 0) is 19.9 Å². The first-order chi connectivity index (χ1) is 14.4. The molecule has 2 aliphatic rings. The molecule has 10 nitrogen and oxygen atoms in total. The number of rotatable bonds is 5. The molecule has 0 bridgehead atoms. The zero-order valence-electron chi connectivity index (χ0n) is 16.8. The quantitative estimate of drug-likeness (QED) is 0.729. The molecule has 10 heteroatoms. The number of aryl methyl sites for hydroxylation is 1. The number of nitrogens with zero attached hydrogens (tertiary/aromatic N) is 3. The lowest BCUT2D eigenvalue weighted by molar-refractivity contribution is -0.117. The highest BCUT2D eigenvalue weighted by Crippen LogP contribution is 2.37. The molecular weight excluding hydrogens is 392 g/mol. The van der Waals surface area contributed by atoms with Gasteiger partial charge >= 0.3 is 0 Å². The normalized spacial score (nSPS) is 15.9. The van der Waals surface area contributed by atoms with E-state index in [0.29, 0.717) is 60.4 Å². The van der Waals surface area contributed by atoms with Gasteiger partial charge < -0.3 is 24.2 Å². The lowest BCUT2D eigenvalue weighted by atomic mass is 10.1. The topological polar surface area (TPSA) is 114 Å². The Morgan fingerprint density at radius 2 is 1.77 bits per heavy atom. The van der Waals surface area contributed by atoms with Crippen LogP contribution in [0.4, 0.5) is 5.69 Å². The fourth-order valence-corrected chi connectivity index (χ4v) is 3.47. The lowest BCUT2D eigenvalue weighted by Crippen LogP contribution is -2.50. The van der Waals surface area contributed by atoms with Crippen molar-refractivity contribution >= 4 is 23.3 Å². The zero-order chi connectivity index (χ0) is 21.3. The van der Waals surface area contributed by atoms with Crippen molar-refractivity contribution in [3.63, 3.8) is 0 Å². The average molecular weight is 414 g/mol. The van der Waals surface area contributed by atoms with Gasteiger partial charge in [-0.3, -0.25) is 19.3 Å². The molecular formula is C20H22N4O6. The number of hydrogen-bond donors (Lipinski definition) is 1. The highest BCUT2D eigenvalue weighted by molar-refractivity contribution is 6.05. The van der Waals surface area contributed by atoms with Gasteiger partial charge in [0, 0.05) is 43.9 Å². The molecule has 1 N–H and O–H groups in total. The number of Topliss-reactive ketones (excluding diaryl/α,β-unsaturated/α-hetero) is 1. The van der Waals surface area contributed by atoms with Crippen LogP contribution in [0.1, 0.15) is 33.5 Å². The molecule has 0 unspecified atom stereocenters. The predicted octanol–water partition coefficient (Wildman–Crippen LogP) is 1.31. The number of amides is 2. The van der Waals surface area contributed by atoms with Crippen LogP contribution in [0.2, 0.25) is 0 Å². The number of carbonyl (C=O) groups excluding carboxylic acids is 3. The van der Waals surface area contributed by atoms with E-state index in [9.17, 15) is 14.4 Å². The highest BCUT2D eigenvalue weighted by Gasteiger charge is 2.26. The van der Waals surface area contributed by atoms with Crippen molar-refractivity contribution in [1.29, 1.82) is 0 Å². The van der Waals surface area contributed by atoms with E-state index in [0.717, 1.165) is 0 Å². The fourth-order valence-electron chi connectivity index (χ4n) is 3.47. The monoisotopic (exact) mass is 414 g/mol. The van der Waals surface area contributed by atoms with E-state index in [1.807, 2.05) is 4.90 Å². The van der Waals surface area contributed by atoms with E-state index in [1.165, 1.54) is 6.92 Å². The maximum absolute atomic E-state index is 12.6. The van der Waals surface area contributed by atoms with Crippen LogP contribution in [0.3, 0.4) is 0 Å². The number of fused-ring (bicyclic) bond motifs is 1. The van der Waals surface area contributed by atoms with Crippen LogP contribution in [0.5, 0.6) is 11.5 Å². The minimum atomic E-state index is -0.247. The van der Waals surface area contributed by atoms with E-state index < -0.39 is 0 Å². The number of hydrogen-bond acceptors (Lipinski definition) is 8. The molecule has 2 aromatic rings. The number of ether oxygens (including phenoxy) is 2. The lowest BCUT2D eigenvalue weighted by Gasteiger charge is -2.33. The van der Waals surface area contributed by atoms with Crippen molar-refractivity contribution in [3.05, 3.63) is 35.2 Å². The molecule has 0 atom stereocenters. The summed E-state index contributed by atoms with van der Waals surface area (Å²) in [5, 5.41) is 6.55. The van der Waals surface area contributed by atoms with Crippen LogP contribution in [0.15, 0.2) is 22.7 Å². The molecule has 30 heavy (non-hydrogen) atoms. The van der Waals surface area contributed by atoms with Gasteiger partial charge in [-0.1, -0.05) is 5.16 Å². The summed E-state index contributed by atoms with van der Waals surface area (Å²) in [5.74, 6) is 0.957. The maximum atomic E-state index is 12.6. The van der Waals surface area contributed by atoms with E-state index in [1.54, 1.807) is 30.0 Å². The summed E-state index contributed by atoms with van der Waals surface area (Å²) in [4.78, 5) is 40.6. The van der Waals surface area contributed by atoms with Gasteiger partial charge in [0.05, 0.1) is 12.2 Å². The highest BCUT2D eigenvalue weighted by atomic mass is 16.7. The van der Waals surface area contributed by atoms with Gasteiger partial charge in [0.2, 0.25) is 12.7 Å². The second-order valence-electron chi connectivity index (χ2n) is 7.25. The molecule has 2 amide bonds. The van der Waals surface area contributed by atoms with Gasteiger partial charge in [0.15, 0.2) is 23.0 Å². The molecule has 2 aliphatic heterocycles. The minimum Gasteiger partial charge on any atom is -0.454 e. The van der Waals surface area contributed by atoms with Gasteiger partial charge in [-0.25, -0.2) is 0 Å². The third-order valence-corrected chi connectivity index (χ3v) is 5.04. The molecule has 158 valence electrons. The van der Waals surface area contributed by atoms with E-state index in [-0.39, 0.29) is 30.9 Å². The summed E-state index contributed by atoms with van der Waals surface area (Å²) < 4.78 is 15.6. The van der Waals surface area contributed by atoms with Crippen LogP contribution >= 0.6 is 0 Å². The number of piperazine rings is 1. The molecule has 1 aromatic carbocycles. The van der Waals surface area contributed by atoms with Crippen LogP contribution in [-0.4, -0.2) is 72.1 Å². The van der Waals surface area contributed by atoms with Crippen molar-refractivity contribution in [2.75, 3.05) is 44.8 Å². The Kier molecular flexibility index (Phi) is 5.40. The largest absolute Gasteiger partial charge is 0.454 e. The Balaban J connectivity index is 1.33. The maximum Gasteiger partial charge on any atom is 0.276 e. The third-order valence-electron chi connectivity index (χ3n) is 5.04. The average Bonchev–Trinajstić information content (AvgIpc) is 3.35. The van der Waals surface area contributed by atoms with Crippen molar-refractivity contribution < 1.29 is 28.4 Å². The Hall–Kier alpha value is -3.40. The summed E-state index contributed by atoms with van der Waals surface area (Å²) in [5.41, 5.74) is 1.05.